The molecule has 31 heavy (non-hydrogen) atoms. The molecule has 2 heterocycles. The Morgan fingerprint density at radius 2 is 1.90 bits per heavy atom. The molecular formula is C23H22N2O5S. The Morgan fingerprint density at radius 1 is 1.19 bits per heavy atom. The summed E-state index contributed by atoms with van der Waals surface area (Å²) >= 11 is 1.33. The molecule has 0 spiro atoms. The molecule has 2 aromatic rings. The van der Waals surface area contributed by atoms with Gasteiger partial charge in [0.05, 0.1) is 22.8 Å². The minimum atomic E-state index is -0.369. The number of nitrogens with zero attached hydrogens (tertiary/aromatic N) is 2. The second kappa shape index (κ2) is 8.85. The number of amidine groups is 1. The van der Waals surface area contributed by atoms with E-state index in [0.717, 1.165) is 11.1 Å². The summed E-state index contributed by atoms with van der Waals surface area (Å²) in [7, 11) is 0. The first-order chi connectivity index (χ1) is 15.0. The van der Waals surface area contributed by atoms with E-state index in [1.807, 2.05) is 32.1 Å². The maximum atomic E-state index is 12.9. The maximum Gasteiger partial charge on any atom is 0.338 e. The molecule has 7 nitrogen and oxygen atoms in total. The average molecular weight is 439 g/mol. The van der Waals surface area contributed by atoms with Crippen molar-refractivity contribution < 1.29 is 23.8 Å². The molecule has 0 N–H and O–H groups in total. The summed E-state index contributed by atoms with van der Waals surface area (Å²) in [5.41, 5.74) is 3.01. The highest BCUT2D eigenvalue weighted by molar-refractivity contribution is 8.18. The molecule has 2 aliphatic rings. The number of hydrogen-bond acceptors (Lipinski definition) is 7. The van der Waals surface area contributed by atoms with Crippen LogP contribution in [0.5, 0.6) is 11.5 Å². The van der Waals surface area contributed by atoms with Crippen molar-refractivity contribution in [3.63, 3.8) is 0 Å². The van der Waals surface area contributed by atoms with Crippen LogP contribution in [0.15, 0.2) is 46.3 Å². The van der Waals surface area contributed by atoms with Gasteiger partial charge in [-0.05, 0) is 86.1 Å². The number of benzene rings is 2. The van der Waals surface area contributed by atoms with Crippen LogP contribution < -0.4 is 9.47 Å². The minimum Gasteiger partial charge on any atom is -0.462 e. The maximum absolute atomic E-state index is 12.9. The first-order valence-corrected chi connectivity index (χ1v) is 10.8. The lowest BCUT2D eigenvalue weighted by Gasteiger charge is -2.12. The molecule has 1 saturated heterocycles. The van der Waals surface area contributed by atoms with Gasteiger partial charge in [0.1, 0.15) is 0 Å². The molecule has 0 atom stereocenters. The summed E-state index contributed by atoms with van der Waals surface area (Å²) < 4.78 is 15.9. The van der Waals surface area contributed by atoms with Gasteiger partial charge in [0.25, 0.3) is 5.91 Å². The number of ether oxygens (including phenoxy) is 3. The normalized spacial score (nSPS) is 17.6. The van der Waals surface area contributed by atoms with Crippen molar-refractivity contribution in [2.24, 2.45) is 4.99 Å². The molecule has 0 bridgehead atoms. The van der Waals surface area contributed by atoms with Gasteiger partial charge in [-0.2, -0.15) is 0 Å². The van der Waals surface area contributed by atoms with Crippen molar-refractivity contribution in [2.45, 2.75) is 20.8 Å². The van der Waals surface area contributed by atoms with Crippen molar-refractivity contribution in [1.29, 1.82) is 0 Å². The second-order valence-electron chi connectivity index (χ2n) is 6.88. The van der Waals surface area contributed by atoms with Gasteiger partial charge in [0.15, 0.2) is 16.7 Å². The van der Waals surface area contributed by atoms with Gasteiger partial charge < -0.3 is 14.2 Å². The van der Waals surface area contributed by atoms with Crippen LogP contribution in [0.1, 0.15) is 35.3 Å². The van der Waals surface area contributed by atoms with E-state index in [0.29, 0.717) is 46.0 Å². The zero-order valence-electron chi connectivity index (χ0n) is 17.5. The van der Waals surface area contributed by atoms with Crippen LogP contribution in [0, 0.1) is 6.92 Å². The third-order valence-corrected chi connectivity index (χ3v) is 5.86. The molecule has 2 aromatic carbocycles. The number of likely N-dealkylation sites (N-methyl/N-ethyl adjacent to an activating group) is 1. The molecule has 160 valence electrons. The number of esters is 1. The van der Waals surface area contributed by atoms with E-state index in [4.69, 9.17) is 14.2 Å². The molecule has 0 saturated carbocycles. The molecular weight excluding hydrogens is 416 g/mol. The summed E-state index contributed by atoms with van der Waals surface area (Å²) in [6.07, 6.45) is 1.86. The van der Waals surface area contributed by atoms with E-state index in [2.05, 4.69) is 4.99 Å². The fourth-order valence-corrected chi connectivity index (χ4v) is 4.28. The zero-order chi connectivity index (χ0) is 22.0. The Hall–Kier alpha value is -3.26. The lowest BCUT2D eigenvalue weighted by atomic mass is 10.1. The highest BCUT2D eigenvalue weighted by Crippen LogP contribution is 2.38. The number of aliphatic imine (C=N–C) groups is 1. The molecule has 0 aromatic heterocycles. The van der Waals surface area contributed by atoms with Crippen molar-refractivity contribution in [2.75, 3.05) is 19.9 Å². The van der Waals surface area contributed by atoms with Crippen LogP contribution in [0.25, 0.3) is 6.08 Å². The first kappa shape index (κ1) is 21.0. The molecule has 2 aliphatic heterocycles. The fraction of sp³-hybridized carbons (Fsp3) is 0.261. The van der Waals surface area contributed by atoms with Crippen LogP contribution in [-0.2, 0) is 9.53 Å². The molecule has 4 rings (SSSR count). The standard InChI is InChI=1S/C23H22N2O5S/c1-4-25-21(26)20(12-16-11-19-18(10-14(16)3)29-13-30-19)31-23(25)24-17-8-6-15(7-9-17)22(27)28-5-2/h6-12H,4-5,13H2,1-3H3/b20-12+,24-23?. The van der Waals surface area contributed by atoms with E-state index in [-0.39, 0.29) is 18.7 Å². The number of fused-ring (bicyclic) bond motifs is 1. The Labute approximate surface area is 184 Å². The van der Waals surface area contributed by atoms with E-state index in [1.54, 1.807) is 36.1 Å². The minimum absolute atomic E-state index is 0.0912. The average Bonchev–Trinajstić information content (AvgIpc) is 3.32. The molecule has 1 amide bonds. The summed E-state index contributed by atoms with van der Waals surface area (Å²) in [6, 6.07) is 10.6. The van der Waals surface area contributed by atoms with Crippen LogP contribution in [0.2, 0.25) is 0 Å². The number of carbonyl (C=O) groups is 2. The monoisotopic (exact) mass is 438 g/mol. The SMILES string of the molecule is CCOC(=O)c1ccc(N=C2S/C(=C/c3cc4c(cc3C)OCO4)C(=O)N2CC)cc1. The van der Waals surface area contributed by atoms with Crippen molar-refractivity contribution in [3.8, 4) is 11.5 Å². The van der Waals surface area contributed by atoms with Gasteiger partial charge in [0, 0.05) is 6.54 Å². The Kier molecular flexibility index (Phi) is 5.99. The fourth-order valence-electron chi connectivity index (χ4n) is 3.22. The van der Waals surface area contributed by atoms with Crippen LogP contribution in [0.3, 0.4) is 0 Å². The van der Waals surface area contributed by atoms with Crippen molar-refractivity contribution in [3.05, 3.63) is 58.0 Å². The Balaban J connectivity index is 1.60. The third-order valence-electron chi connectivity index (χ3n) is 4.86. The molecule has 0 unspecified atom stereocenters. The number of amides is 1. The number of thioether (sulfide) groups is 1. The lowest BCUT2D eigenvalue weighted by Crippen LogP contribution is -2.28. The summed E-state index contributed by atoms with van der Waals surface area (Å²) in [5, 5.41) is 0.598. The van der Waals surface area contributed by atoms with Crippen LogP contribution in [0.4, 0.5) is 5.69 Å². The highest BCUT2D eigenvalue weighted by Gasteiger charge is 2.32. The lowest BCUT2D eigenvalue weighted by molar-refractivity contribution is -0.122. The van der Waals surface area contributed by atoms with Crippen LogP contribution in [-0.4, -0.2) is 41.9 Å². The highest BCUT2D eigenvalue weighted by atomic mass is 32.2. The van der Waals surface area contributed by atoms with E-state index in [9.17, 15) is 9.59 Å². The predicted octanol–water partition coefficient (Wildman–Crippen LogP) is 4.52. The molecule has 0 aliphatic carbocycles. The topological polar surface area (TPSA) is 77.4 Å². The van der Waals surface area contributed by atoms with E-state index in [1.165, 1.54) is 11.8 Å². The zero-order valence-corrected chi connectivity index (χ0v) is 18.3. The Bertz CT molecular complexity index is 1090. The van der Waals surface area contributed by atoms with Gasteiger partial charge in [-0.15, -0.1) is 0 Å². The predicted molar refractivity (Wildman–Crippen MR) is 120 cm³/mol. The van der Waals surface area contributed by atoms with Gasteiger partial charge in [-0.3, -0.25) is 9.69 Å². The van der Waals surface area contributed by atoms with Gasteiger partial charge >= 0.3 is 5.97 Å². The molecule has 0 radical (unpaired) electrons. The van der Waals surface area contributed by atoms with Crippen LogP contribution >= 0.6 is 11.8 Å². The van der Waals surface area contributed by atoms with Crippen molar-refractivity contribution in [1.82, 2.24) is 4.90 Å². The van der Waals surface area contributed by atoms with Gasteiger partial charge in [-0.1, -0.05) is 0 Å². The number of rotatable bonds is 5. The van der Waals surface area contributed by atoms with Gasteiger partial charge in [-0.25, -0.2) is 9.79 Å². The number of hydrogen-bond donors (Lipinski definition) is 0. The molecule has 8 heteroatoms. The van der Waals surface area contributed by atoms with Crippen molar-refractivity contribution >= 4 is 40.6 Å². The van der Waals surface area contributed by atoms with E-state index < -0.39 is 0 Å². The summed E-state index contributed by atoms with van der Waals surface area (Å²) in [5.74, 6) is 0.933. The number of aryl methyl sites for hydroxylation is 1. The quantitative estimate of drug-likeness (QED) is 0.504. The largest absolute Gasteiger partial charge is 0.462 e. The third kappa shape index (κ3) is 4.29. The smallest absolute Gasteiger partial charge is 0.338 e. The first-order valence-electron chi connectivity index (χ1n) is 9.97. The summed E-state index contributed by atoms with van der Waals surface area (Å²) in [6.45, 7) is 6.68. The molecule has 1 fully saturated rings. The Morgan fingerprint density at radius 3 is 2.58 bits per heavy atom. The number of carbonyl (C=O) groups excluding carboxylic acids is 2. The summed E-state index contributed by atoms with van der Waals surface area (Å²) in [4.78, 5) is 31.6. The second-order valence-corrected chi connectivity index (χ2v) is 7.89. The van der Waals surface area contributed by atoms with Gasteiger partial charge in [0.2, 0.25) is 6.79 Å². The van der Waals surface area contributed by atoms with E-state index >= 15 is 0 Å².